The average Bonchev–Trinajstić information content (AvgIpc) is 2.77. The highest BCUT2D eigenvalue weighted by atomic mass is 19.2. The second-order valence-corrected chi connectivity index (χ2v) is 7.60. The SMILES string of the molecule is CCC[C@@H]1CO[C@@H](c2cc(F)c(C#Cc3ccc4c(F)c(F)c(F)cc4c3)c(F)c2)CO1. The van der Waals surface area contributed by atoms with Crippen LogP contribution in [0, 0.1) is 40.9 Å². The van der Waals surface area contributed by atoms with Crippen molar-refractivity contribution in [2.75, 3.05) is 13.2 Å². The monoisotopic (exact) mass is 446 g/mol. The summed E-state index contributed by atoms with van der Waals surface area (Å²) in [6.07, 6.45) is 1.22. The Balaban J connectivity index is 1.58. The number of fused-ring (bicyclic) bond motifs is 1. The van der Waals surface area contributed by atoms with Crippen LogP contribution in [0.15, 0.2) is 36.4 Å². The van der Waals surface area contributed by atoms with E-state index in [4.69, 9.17) is 9.47 Å². The lowest BCUT2D eigenvalue weighted by molar-refractivity contribution is -0.137. The summed E-state index contributed by atoms with van der Waals surface area (Å²) in [4.78, 5) is 0. The number of hydrogen-bond donors (Lipinski definition) is 0. The molecule has 0 radical (unpaired) electrons. The summed E-state index contributed by atoms with van der Waals surface area (Å²) in [5.41, 5.74) is 0.141. The van der Waals surface area contributed by atoms with Gasteiger partial charge in [0.25, 0.3) is 0 Å². The lowest BCUT2D eigenvalue weighted by atomic mass is 10.0. The zero-order valence-electron chi connectivity index (χ0n) is 17.2. The van der Waals surface area contributed by atoms with Crippen molar-refractivity contribution in [3.8, 4) is 11.8 Å². The number of halogens is 5. The van der Waals surface area contributed by atoms with Crippen LogP contribution in [0.3, 0.4) is 0 Å². The van der Waals surface area contributed by atoms with Gasteiger partial charge >= 0.3 is 0 Å². The summed E-state index contributed by atoms with van der Waals surface area (Å²) in [6, 6.07) is 7.08. The van der Waals surface area contributed by atoms with Crippen LogP contribution in [0.25, 0.3) is 10.8 Å². The van der Waals surface area contributed by atoms with Crippen LogP contribution >= 0.6 is 0 Å². The Morgan fingerprint density at radius 3 is 2.25 bits per heavy atom. The van der Waals surface area contributed by atoms with Gasteiger partial charge in [-0.3, -0.25) is 0 Å². The Morgan fingerprint density at radius 2 is 1.59 bits per heavy atom. The Morgan fingerprint density at radius 1 is 0.844 bits per heavy atom. The highest BCUT2D eigenvalue weighted by Gasteiger charge is 2.25. The van der Waals surface area contributed by atoms with E-state index in [0.717, 1.165) is 31.0 Å². The number of hydrogen-bond acceptors (Lipinski definition) is 2. The Kier molecular flexibility index (Phi) is 6.45. The molecule has 0 aliphatic carbocycles. The van der Waals surface area contributed by atoms with Gasteiger partial charge in [-0.25, -0.2) is 22.0 Å². The van der Waals surface area contributed by atoms with Crippen LogP contribution in [0.5, 0.6) is 0 Å². The maximum absolute atomic E-state index is 14.6. The molecule has 0 spiro atoms. The van der Waals surface area contributed by atoms with Crippen LogP contribution in [0.4, 0.5) is 22.0 Å². The first-order valence-electron chi connectivity index (χ1n) is 10.2. The van der Waals surface area contributed by atoms with Crippen LogP contribution in [0.2, 0.25) is 0 Å². The summed E-state index contributed by atoms with van der Waals surface area (Å²) in [5, 5.41) is -0.0349. The average molecular weight is 446 g/mol. The molecule has 0 amide bonds. The van der Waals surface area contributed by atoms with Crippen LogP contribution in [-0.4, -0.2) is 19.3 Å². The summed E-state index contributed by atoms with van der Waals surface area (Å²) >= 11 is 0. The van der Waals surface area contributed by atoms with Crippen molar-refractivity contribution in [3.63, 3.8) is 0 Å². The minimum atomic E-state index is -1.56. The van der Waals surface area contributed by atoms with Gasteiger partial charge in [-0.2, -0.15) is 0 Å². The lowest BCUT2D eigenvalue weighted by Gasteiger charge is -2.29. The van der Waals surface area contributed by atoms with Crippen molar-refractivity contribution < 1.29 is 31.4 Å². The lowest BCUT2D eigenvalue weighted by Crippen LogP contribution is -2.31. The molecular weight excluding hydrogens is 427 g/mol. The fourth-order valence-corrected chi connectivity index (χ4v) is 3.64. The summed E-state index contributed by atoms with van der Waals surface area (Å²) in [6.45, 7) is 2.60. The molecule has 166 valence electrons. The van der Waals surface area contributed by atoms with Gasteiger partial charge in [0.2, 0.25) is 0 Å². The molecule has 0 unspecified atom stereocenters. The van der Waals surface area contributed by atoms with E-state index in [0.29, 0.717) is 12.2 Å². The maximum Gasteiger partial charge on any atom is 0.195 e. The normalized spacial score (nSPS) is 18.4. The van der Waals surface area contributed by atoms with Gasteiger partial charge in [0.05, 0.1) is 24.9 Å². The van der Waals surface area contributed by atoms with E-state index in [1.54, 1.807) is 0 Å². The number of benzene rings is 3. The molecule has 1 fully saturated rings. The molecule has 0 N–H and O–H groups in total. The number of rotatable bonds is 3. The maximum atomic E-state index is 14.6. The fourth-order valence-electron chi connectivity index (χ4n) is 3.64. The van der Waals surface area contributed by atoms with E-state index in [1.165, 1.54) is 18.2 Å². The molecule has 1 heterocycles. The largest absolute Gasteiger partial charge is 0.373 e. The molecule has 2 atom stereocenters. The van der Waals surface area contributed by atoms with Gasteiger partial charge in [0, 0.05) is 10.9 Å². The first kappa shape index (κ1) is 22.3. The standard InChI is InChI=1S/C25H19F5O2/c1-2-3-17-12-32-23(13-31-17)16-10-20(26)19(21(27)11-16)7-5-14-4-6-18-15(8-14)9-22(28)25(30)24(18)29/h4,6,8-11,17,23H,2-3,12-13H2,1H3/t17-,23-/m1/s1. The molecule has 0 aromatic heterocycles. The van der Waals surface area contributed by atoms with Crippen LogP contribution < -0.4 is 0 Å². The van der Waals surface area contributed by atoms with E-state index < -0.39 is 40.8 Å². The molecule has 32 heavy (non-hydrogen) atoms. The molecule has 1 saturated heterocycles. The summed E-state index contributed by atoms with van der Waals surface area (Å²) in [7, 11) is 0. The van der Waals surface area contributed by atoms with E-state index in [1.807, 2.05) is 6.92 Å². The number of ether oxygens (including phenoxy) is 2. The van der Waals surface area contributed by atoms with Crippen molar-refractivity contribution in [2.45, 2.75) is 32.0 Å². The Hall–Kier alpha value is -2.95. The smallest absolute Gasteiger partial charge is 0.195 e. The van der Waals surface area contributed by atoms with E-state index >= 15 is 0 Å². The molecule has 1 aliphatic heterocycles. The van der Waals surface area contributed by atoms with Gasteiger partial charge in [-0.15, -0.1) is 0 Å². The van der Waals surface area contributed by atoms with Crippen molar-refractivity contribution in [1.82, 2.24) is 0 Å². The van der Waals surface area contributed by atoms with E-state index in [2.05, 4.69) is 11.8 Å². The van der Waals surface area contributed by atoms with Crippen molar-refractivity contribution >= 4 is 10.8 Å². The van der Waals surface area contributed by atoms with Gasteiger partial charge < -0.3 is 9.47 Å². The molecule has 3 aromatic rings. The third-order valence-corrected chi connectivity index (χ3v) is 5.32. The van der Waals surface area contributed by atoms with Gasteiger partial charge in [-0.05, 0) is 47.7 Å². The molecule has 3 aromatic carbocycles. The van der Waals surface area contributed by atoms with E-state index in [-0.39, 0.29) is 29.0 Å². The third kappa shape index (κ3) is 4.47. The van der Waals surface area contributed by atoms with Gasteiger partial charge in [-0.1, -0.05) is 31.3 Å². The van der Waals surface area contributed by atoms with Crippen molar-refractivity contribution in [1.29, 1.82) is 0 Å². The van der Waals surface area contributed by atoms with Crippen molar-refractivity contribution in [3.05, 3.63) is 82.2 Å². The minimum Gasteiger partial charge on any atom is -0.373 e. The molecule has 0 bridgehead atoms. The second-order valence-electron chi connectivity index (χ2n) is 7.60. The molecular formula is C25H19F5O2. The molecule has 4 rings (SSSR count). The molecule has 2 nitrogen and oxygen atoms in total. The highest BCUT2D eigenvalue weighted by molar-refractivity contribution is 5.84. The predicted molar refractivity (Wildman–Crippen MR) is 110 cm³/mol. The summed E-state index contributed by atoms with van der Waals surface area (Å²) < 4.78 is 81.2. The Labute approximate surface area is 182 Å². The van der Waals surface area contributed by atoms with E-state index in [9.17, 15) is 22.0 Å². The quantitative estimate of drug-likeness (QED) is 0.271. The first-order chi connectivity index (χ1) is 15.4. The Bertz CT molecular complexity index is 1200. The first-order valence-corrected chi connectivity index (χ1v) is 10.2. The molecule has 1 aliphatic rings. The topological polar surface area (TPSA) is 18.5 Å². The molecule has 7 heteroatoms. The van der Waals surface area contributed by atoms with Crippen LogP contribution in [0.1, 0.15) is 42.6 Å². The fraction of sp³-hybridized carbons (Fsp3) is 0.280. The summed E-state index contributed by atoms with van der Waals surface area (Å²) in [5.74, 6) is -0.900. The van der Waals surface area contributed by atoms with Crippen LogP contribution in [-0.2, 0) is 9.47 Å². The predicted octanol–water partition coefficient (Wildman–Crippen LogP) is 6.19. The third-order valence-electron chi connectivity index (χ3n) is 5.32. The van der Waals surface area contributed by atoms with Crippen molar-refractivity contribution in [2.24, 2.45) is 0 Å². The minimum absolute atomic E-state index is 0.0171. The van der Waals surface area contributed by atoms with Gasteiger partial charge in [0.15, 0.2) is 17.5 Å². The zero-order valence-corrected chi connectivity index (χ0v) is 17.2. The highest BCUT2D eigenvalue weighted by Crippen LogP contribution is 2.27. The second kappa shape index (κ2) is 9.27. The zero-order chi connectivity index (χ0) is 22.8. The molecule has 0 saturated carbocycles. The van der Waals surface area contributed by atoms with Gasteiger partial charge in [0.1, 0.15) is 17.7 Å².